The van der Waals surface area contributed by atoms with Crippen molar-refractivity contribution < 1.29 is 24.1 Å². The Hall–Kier alpha value is -3.47. The predicted octanol–water partition coefficient (Wildman–Crippen LogP) is 6.82. The van der Waals surface area contributed by atoms with Crippen LogP contribution in [0.1, 0.15) is 60.3 Å². The number of aryl methyl sites for hydroxylation is 2. The van der Waals surface area contributed by atoms with Gasteiger partial charge in [-0.3, -0.25) is 4.79 Å². The van der Waals surface area contributed by atoms with Gasteiger partial charge in [-0.25, -0.2) is 0 Å². The van der Waals surface area contributed by atoms with E-state index >= 15 is 0 Å². The molecule has 5 nitrogen and oxygen atoms in total. The summed E-state index contributed by atoms with van der Waals surface area (Å²) in [5.74, 6) is 1.49. The number of hydrogen-bond donors (Lipinski definition) is 1. The predicted molar refractivity (Wildman–Crippen MR) is 135 cm³/mol. The number of carboxylic acid groups (broad SMARTS) is 1. The number of hydrogen-bond acceptors (Lipinski definition) is 4. The number of fused-ring (bicyclic) bond motifs is 1. The monoisotopic (exact) mass is 472 g/mol. The summed E-state index contributed by atoms with van der Waals surface area (Å²) in [7, 11) is 0. The van der Waals surface area contributed by atoms with Crippen LogP contribution in [-0.4, -0.2) is 23.8 Å². The molecule has 0 amide bonds. The Morgan fingerprint density at radius 2 is 1.77 bits per heavy atom. The third-order valence-electron chi connectivity index (χ3n) is 7.02. The highest BCUT2D eigenvalue weighted by Crippen LogP contribution is 2.38. The smallest absolute Gasteiger partial charge is 0.304 e. The minimum atomic E-state index is -0.812. The molecule has 0 spiro atoms. The molecule has 1 unspecified atom stereocenters. The topological polar surface area (TPSA) is 65.0 Å². The summed E-state index contributed by atoms with van der Waals surface area (Å²) >= 11 is 0. The Kier molecular flexibility index (Phi) is 6.67. The normalized spacial score (nSPS) is 17.1. The molecule has 35 heavy (non-hydrogen) atoms. The Labute approximate surface area is 206 Å². The molecule has 3 aromatic rings. The van der Waals surface area contributed by atoms with Crippen molar-refractivity contribution in [3.63, 3.8) is 0 Å². The summed E-state index contributed by atoms with van der Waals surface area (Å²) in [4.78, 5) is 11.1. The molecular weight excluding hydrogens is 440 g/mol. The van der Waals surface area contributed by atoms with E-state index in [4.69, 9.17) is 19.3 Å². The van der Waals surface area contributed by atoms with Gasteiger partial charge in [0.05, 0.1) is 19.1 Å². The molecule has 182 valence electrons. The molecular formula is C30H32O5. The third-order valence-corrected chi connectivity index (χ3v) is 7.02. The lowest BCUT2D eigenvalue weighted by molar-refractivity contribution is -0.137. The van der Waals surface area contributed by atoms with Crippen molar-refractivity contribution in [2.75, 3.05) is 6.61 Å². The molecule has 0 saturated heterocycles. The van der Waals surface area contributed by atoms with E-state index in [0.717, 1.165) is 29.7 Å². The lowest BCUT2D eigenvalue weighted by Gasteiger charge is -2.17. The lowest BCUT2D eigenvalue weighted by Crippen LogP contribution is -2.11. The van der Waals surface area contributed by atoms with Gasteiger partial charge in [0, 0.05) is 17.5 Å². The van der Waals surface area contributed by atoms with Crippen molar-refractivity contribution in [1.29, 1.82) is 0 Å². The van der Waals surface area contributed by atoms with Crippen LogP contribution < -0.4 is 14.2 Å². The van der Waals surface area contributed by atoms with Crippen LogP contribution in [0.3, 0.4) is 0 Å². The summed E-state index contributed by atoms with van der Waals surface area (Å²) in [6, 6.07) is 18.4. The first-order valence-corrected chi connectivity index (χ1v) is 12.4. The van der Waals surface area contributed by atoms with E-state index in [9.17, 15) is 4.79 Å². The first-order valence-electron chi connectivity index (χ1n) is 12.4. The average molecular weight is 473 g/mol. The average Bonchev–Trinajstić information content (AvgIpc) is 3.47. The zero-order chi connectivity index (χ0) is 24.4. The molecule has 1 fully saturated rings. The molecule has 1 atom stereocenters. The fourth-order valence-electron chi connectivity index (χ4n) is 5.36. The van der Waals surface area contributed by atoms with Crippen LogP contribution in [0.15, 0.2) is 54.6 Å². The van der Waals surface area contributed by atoms with Crippen LogP contribution in [-0.2, 0) is 11.4 Å². The number of benzene rings is 3. The van der Waals surface area contributed by atoms with E-state index in [-0.39, 0.29) is 12.3 Å². The van der Waals surface area contributed by atoms with Gasteiger partial charge in [0.15, 0.2) is 0 Å². The van der Waals surface area contributed by atoms with Crippen molar-refractivity contribution in [2.45, 2.75) is 64.6 Å². The van der Waals surface area contributed by atoms with Crippen molar-refractivity contribution in [3.8, 4) is 28.4 Å². The molecule has 1 saturated carbocycles. The first kappa shape index (κ1) is 23.3. The summed E-state index contributed by atoms with van der Waals surface area (Å²) in [5, 5.41) is 9.09. The molecule has 1 aliphatic heterocycles. The number of rotatable bonds is 8. The summed E-state index contributed by atoms with van der Waals surface area (Å²) < 4.78 is 18.0. The Morgan fingerprint density at radius 1 is 1.00 bits per heavy atom. The van der Waals surface area contributed by atoms with Gasteiger partial charge in [-0.15, -0.1) is 0 Å². The molecule has 5 heteroatoms. The molecule has 1 N–H and O–H groups in total. The second-order valence-corrected chi connectivity index (χ2v) is 9.75. The van der Waals surface area contributed by atoms with E-state index < -0.39 is 5.97 Å². The highest BCUT2D eigenvalue weighted by molar-refractivity contribution is 5.72. The zero-order valence-electron chi connectivity index (χ0n) is 20.4. The largest absolute Gasteiger partial charge is 0.492 e. The van der Waals surface area contributed by atoms with Crippen molar-refractivity contribution in [2.24, 2.45) is 0 Å². The fraction of sp³-hybridized carbons (Fsp3) is 0.367. The Morgan fingerprint density at radius 3 is 2.51 bits per heavy atom. The highest BCUT2D eigenvalue weighted by Gasteiger charge is 2.26. The van der Waals surface area contributed by atoms with Gasteiger partial charge in [0.25, 0.3) is 0 Å². The van der Waals surface area contributed by atoms with E-state index in [1.807, 2.05) is 18.2 Å². The third kappa shape index (κ3) is 5.29. The summed E-state index contributed by atoms with van der Waals surface area (Å²) in [5.41, 5.74) is 6.85. The Balaban J connectivity index is 1.28. The lowest BCUT2D eigenvalue weighted by atomic mass is 9.94. The van der Waals surface area contributed by atoms with Crippen LogP contribution in [0.4, 0.5) is 0 Å². The van der Waals surface area contributed by atoms with Gasteiger partial charge >= 0.3 is 5.97 Å². The standard InChI is InChI=1S/C30H32O5/c1-19-12-26(35-24-8-3-4-9-24)13-20(2)30(19)22-7-5-6-21(14-22)17-33-25-10-11-27-23(15-29(31)32)18-34-28(27)16-25/h5-7,10-14,16,23-24H,3-4,8-9,15,17-18H2,1-2H3,(H,31,32). The van der Waals surface area contributed by atoms with Crippen LogP contribution in [0.2, 0.25) is 0 Å². The SMILES string of the molecule is Cc1cc(OC2CCCC2)cc(C)c1-c1cccc(COc2ccc3c(c2)OCC3CC(=O)O)c1. The van der Waals surface area contributed by atoms with E-state index in [2.05, 4.69) is 50.2 Å². The van der Waals surface area contributed by atoms with E-state index in [0.29, 0.717) is 30.8 Å². The molecule has 0 radical (unpaired) electrons. The van der Waals surface area contributed by atoms with Gasteiger partial charge in [0.1, 0.15) is 23.9 Å². The fourth-order valence-corrected chi connectivity index (χ4v) is 5.36. The molecule has 2 aliphatic rings. The van der Waals surface area contributed by atoms with Gasteiger partial charge in [-0.05, 0) is 91.6 Å². The maximum Gasteiger partial charge on any atom is 0.304 e. The summed E-state index contributed by atoms with van der Waals surface area (Å²) in [6.45, 7) is 5.13. The quantitative estimate of drug-likeness (QED) is 0.390. The molecule has 3 aromatic carbocycles. The van der Waals surface area contributed by atoms with Crippen LogP contribution >= 0.6 is 0 Å². The van der Waals surface area contributed by atoms with Gasteiger partial charge < -0.3 is 19.3 Å². The maximum atomic E-state index is 11.1. The minimum absolute atomic E-state index is 0.0759. The van der Waals surface area contributed by atoms with Crippen molar-refractivity contribution >= 4 is 5.97 Å². The molecule has 1 aliphatic carbocycles. The highest BCUT2D eigenvalue weighted by atomic mass is 16.5. The second kappa shape index (κ2) is 10.0. The first-order chi connectivity index (χ1) is 17.0. The maximum absolute atomic E-state index is 11.1. The minimum Gasteiger partial charge on any atom is -0.492 e. The second-order valence-electron chi connectivity index (χ2n) is 9.75. The number of ether oxygens (including phenoxy) is 3. The van der Waals surface area contributed by atoms with Crippen LogP contribution in [0.5, 0.6) is 17.2 Å². The van der Waals surface area contributed by atoms with Crippen molar-refractivity contribution in [1.82, 2.24) is 0 Å². The van der Waals surface area contributed by atoms with E-state index in [1.165, 1.54) is 35.1 Å². The number of carboxylic acids is 1. The zero-order valence-corrected chi connectivity index (χ0v) is 20.4. The number of aliphatic carboxylic acids is 1. The molecule has 1 heterocycles. The Bertz CT molecular complexity index is 1200. The molecule has 5 rings (SSSR count). The van der Waals surface area contributed by atoms with Crippen LogP contribution in [0.25, 0.3) is 11.1 Å². The molecule has 0 bridgehead atoms. The molecule has 0 aromatic heterocycles. The van der Waals surface area contributed by atoms with Gasteiger partial charge in [-0.1, -0.05) is 24.3 Å². The van der Waals surface area contributed by atoms with Crippen LogP contribution in [0, 0.1) is 13.8 Å². The summed E-state index contributed by atoms with van der Waals surface area (Å²) in [6.07, 6.45) is 5.26. The number of carbonyl (C=O) groups is 1. The van der Waals surface area contributed by atoms with Gasteiger partial charge in [0.2, 0.25) is 0 Å². The van der Waals surface area contributed by atoms with E-state index in [1.54, 1.807) is 0 Å². The van der Waals surface area contributed by atoms with Gasteiger partial charge in [-0.2, -0.15) is 0 Å². The van der Waals surface area contributed by atoms with Crippen molar-refractivity contribution in [3.05, 3.63) is 76.9 Å².